The van der Waals surface area contributed by atoms with Gasteiger partial charge in [0.05, 0.1) is 5.56 Å². The first kappa shape index (κ1) is 20.6. The minimum absolute atomic E-state index is 0. The van der Waals surface area contributed by atoms with E-state index >= 15 is 0 Å². The predicted molar refractivity (Wildman–Crippen MR) is 113 cm³/mol. The monoisotopic (exact) mass is 395 g/mol. The highest BCUT2D eigenvalue weighted by molar-refractivity contribution is 5.91. The number of rotatable bonds is 3. The molecule has 0 radical (unpaired) electrons. The van der Waals surface area contributed by atoms with Crippen LogP contribution in [-0.4, -0.2) is 13.0 Å². The van der Waals surface area contributed by atoms with Crippen molar-refractivity contribution < 1.29 is 19.0 Å². The molecule has 0 bridgehead atoms. The zero-order valence-electron chi connectivity index (χ0n) is 16.1. The lowest BCUT2D eigenvalue weighted by Gasteiger charge is -2.37. The van der Waals surface area contributed by atoms with E-state index in [4.69, 9.17) is 4.74 Å². The molecule has 1 aliphatic carbocycles. The fourth-order valence-corrected chi connectivity index (χ4v) is 4.21. The minimum Gasteiger partial charge on any atom is -0.461 e. The van der Waals surface area contributed by atoms with Gasteiger partial charge in [-0.2, -0.15) is 0 Å². The third-order valence-electron chi connectivity index (χ3n) is 5.55. The Bertz CT molecular complexity index is 1010. The van der Waals surface area contributed by atoms with Gasteiger partial charge in [0.2, 0.25) is 0 Å². The molecule has 1 heterocycles. The molecule has 2 unspecified atom stereocenters. The molecule has 0 aromatic heterocycles. The van der Waals surface area contributed by atoms with Gasteiger partial charge in [0.25, 0.3) is 0 Å². The number of ether oxygens (including phenoxy) is 1. The van der Waals surface area contributed by atoms with Crippen LogP contribution >= 0.6 is 0 Å². The van der Waals surface area contributed by atoms with Crippen LogP contribution in [0.2, 0.25) is 0 Å². The Labute approximate surface area is 170 Å². The smallest absolute Gasteiger partial charge is 0.379 e. The number of anilines is 1. The van der Waals surface area contributed by atoms with E-state index in [0.717, 1.165) is 40.3 Å². The molecule has 4 nitrogen and oxygen atoms in total. The molecule has 2 aliphatic rings. The number of allylic oxidation sites excluding steroid dienone is 3. The summed E-state index contributed by atoms with van der Waals surface area (Å²) in [5.41, 5.74) is 5.23. The van der Waals surface area contributed by atoms with E-state index in [1.54, 1.807) is 12.1 Å². The molecule has 2 aromatic rings. The first-order chi connectivity index (χ1) is 13.5. The van der Waals surface area contributed by atoms with E-state index in [1.165, 1.54) is 5.57 Å². The molecule has 0 spiro atoms. The van der Waals surface area contributed by atoms with Crippen molar-refractivity contribution in [3.8, 4) is 5.75 Å². The van der Waals surface area contributed by atoms with Crippen molar-refractivity contribution in [3.63, 3.8) is 0 Å². The number of carbonyl (C=O) groups excluding carboxylic acids is 1. The van der Waals surface area contributed by atoms with Gasteiger partial charge in [0, 0.05) is 40.7 Å². The Balaban J connectivity index is 0.00000240. The summed E-state index contributed by atoms with van der Waals surface area (Å²) < 4.78 is 19.0. The second kappa shape index (κ2) is 8.11. The molecule has 5 heteroatoms. The second-order valence-corrected chi connectivity index (χ2v) is 7.34. The Morgan fingerprint density at radius 1 is 1.21 bits per heavy atom. The lowest BCUT2D eigenvalue weighted by molar-refractivity contribution is -0.0789. The molecule has 152 valence electrons. The van der Waals surface area contributed by atoms with Crippen LogP contribution in [0.3, 0.4) is 0 Å². The zero-order valence-corrected chi connectivity index (χ0v) is 16.1. The lowest BCUT2D eigenvalue weighted by atomic mass is 9.73. The number of halogens is 1. The van der Waals surface area contributed by atoms with Gasteiger partial charge in [-0.3, -0.25) is 0 Å². The number of carbonyl (C=O) groups is 1. The highest BCUT2D eigenvalue weighted by atomic mass is 19.3. The van der Waals surface area contributed by atoms with Crippen molar-refractivity contribution in [1.29, 1.82) is 0 Å². The van der Waals surface area contributed by atoms with E-state index in [0.29, 0.717) is 0 Å². The van der Waals surface area contributed by atoms with E-state index in [2.05, 4.69) is 35.4 Å². The third-order valence-corrected chi connectivity index (χ3v) is 5.55. The summed E-state index contributed by atoms with van der Waals surface area (Å²) >= 11 is 0. The zero-order chi connectivity index (χ0) is 19.8. The van der Waals surface area contributed by atoms with Gasteiger partial charge < -0.3 is 10.1 Å². The SMILES string of the molecule is C.CNc1cc2c(cc1C)C(c1ccccc1C(=O)OF)C1C=C(C)CC=C1O2. The normalized spacial score (nSPS) is 19.4. The molecule has 0 saturated carbocycles. The maximum Gasteiger partial charge on any atom is 0.379 e. The fourth-order valence-electron chi connectivity index (χ4n) is 4.21. The van der Waals surface area contributed by atoms with Crippen LogP contribution in [0, 0.1) is 12.8 Å². The van der Waals surface area contributed by atoms with Gasteiger partial charge in [0.1, 0.15) is 11.5 Å². The quantitative estimate of drug-likeness (QED) is 0.639. The number of hydrogen-bond acceptors (Lipinski definition) is 4. The van der Waals surface area contributed by atoms with Crippen LogP contribution in [0.15, 0.2) is 59.9 Å². The third kappa shape index (κ3) is 3.53. The summed E-state index contributed by atoms with van der Waals surface area (Å²) in [6, 6.07) is 11.1. The van der Waals surface area contributed by atoms with Crippen LogP contribution in [0.25, 0.3) is 0 Å². The molecule has 0 fully saturated rings. The molecule has 0 amide bonds. The summed E-state index contributed by atoms with van der Waals surface area (Å²) in [6.07, 6.45) is 5.10. The van der Waals surface area contributed by atoms with E-state index in [1.807, 2.05) is 32.2 Å². The Hall–Kier alpha value is -3.08. The number of hydrogen-bond donors (Lipinski definition) is 1. The summed E-state index contributed by atoms with van der Waals surface area (Å²) in [7, 11) is 1.87. The summed E-state index contributed by atoms with van der Waals surface area (Å²) in [6.45, 7) is 4.11. The maximum atomic E-state index is 12.8. The second-order valence-electron chi connectivity index (χ2n) is 7.34. The van der Waals surface area contributed by atoms with E-state index in [-0.39, 0.29) is 24.8 Å². The number of aryl methyl sites for hydroxylation is 1. The molecule has 2 aromatic carbocycles. The van der Waals surface area contributed by atoms with Gasteiger partial charge in [-0.25, -0.2) is 9.74 Å². The van der Waals surface area contributed by atoms with Crippen LogP contribution in [0.1, 0.15) is 53.7 Å². The first-order valence-corrected chi connectivity index (χ1v) is 9.32. The molecular weight excluding hydrogens is 369 g/mol. The average molecular weight is 395 g/mol. The van der Waals surface area contributed by atoms with Crippen molar-refractivity contribution in [2.24, 2.45) is 5.92 Å². The van der Waals surface area contributed by atoms with Crippen LogP contribution in [0.4, 0.5) is 10.2 Å². The van der Waals surface area contributed by atoms with E-state index < -0.39 is 5.97 Å². The first-order valence-electron chi connectivity index (χ1n) is 9.32. The highest BCUT2D eigenvalue weighted by Crippen LogP contribution is 2.50. The topological polar surface area (TPSA) is 47.6 Å². The molecule has 2 atom stereocenters. The van der Waals surface area contributed by atoms with Crippen molar-refractivity contribution >= 4 is 11.7 Å². The van der Waals surface area contributed by atoms with Crippen LogP contribution in [-0.2, 0) is 4.94 Å². The van der Waals surface area contributed by atoms with Gasteiger partial charge in [-0.1, -0.05) is 37.3 Å². The van der Waals surface area contributed by atoms with Crippen molar-refractivity contribution in [1.82, 2.24) is 0 Å². The molecular formula is C24H26FNO3. The van der Waals surface area contributed by atoms with Gasteiger partial charge in [0.15, 0.2) is 0 Å². The highest BCUT2D eigenvalue weighted by Gasteiger charge is 2.38. The van der Waals surface area contributed by atoms with Gasteiger partial charge >= 0.3 is 5.97 Å². The summed E-state index contributed by atoms with van der Waals surface area (Å²) in [4.78, 5) is 15.7. The Kier molecular flexibility index (Phi) is 5.78. The number of nitrogens with one attached hydrogen (secondary N) is 1. The molecule has 1 N–H and O–H groups in total. The fraction of sp³-hybridized carbons (Fsp3) is 0.292. The van der Waals surface area contributed by atoms with Gasteiger partial charge in [-0.15, -0.1) is 0 Å². The molecule has 0 saturated heterocycles. The van der Waals surface area contributed by atoms with E-state index in [9.17, 15) is 9.32 Å². The molecule has 29 heavy (non-hydrogen) atoms. The number of fused-ring (bicyclic) bond motifs is 2. The van der Waals surface area contributed by atoms with Crippen LogP contribution in [0.5, 0.6) is 5.75 Å². The molecule has 4 rings (SSSR count). The lowest BCUT2D eigenvalue weighted by Crippen LogP contribution is -2.27. The maximum absolute atomic E-state index is 12.8. The summed E-state index contributed by atoms with van der Waals surface area (Å²) in [5, 5.41) is 3.18. The number of benzene rings is 2. The minimum atomic E-state index is -0.978. The van der Waals surface area contributed by atoms with Crippen molar-refractivity contribution in [3.05, 3.63) is 82.1 Å². The van der Waals surface area contributed by atoms with Crippen molar-refractivity contribution in [2.75, 3.05) is 12.4 Å². The Morgan fingerprint density at radius 2 is 1.97 bits per heavy atom. The summed E-state index contributed by atoms with van der Waals surface area (Å²) in [5.74, 6) is 0.394. The standard InChI is InChI=1S/C23H22FNO3.CH4/c1-13-8-9-20-17(10-13)22(15-6-4-5-7-16(15)23(26)28-24)18-11-14(2)19(25-3)12-21(18)27-20;/h4-7,9-12,17,22,25H,8H2,1-3H3;1H4. The predicted octanol–water partition coefficient (Wildman–Crippen LogP) is 6.09. The average Bonchev–Trinajstić information content (AvgIpc) is 2.71. The van der Waals surface area contributed by atoms with Crippen molar-refractivity contribution in [2.45, 2.75) is 33.6 Å². The van der Waals surface area contributed by atoms with Crippen LogP contribution < -0.4 is 10.1 Å². The Morgan fingerprint density at radius 3 is 2.69 bits per heavy atom. The van der Waals surface area contributed by atoms with Gasteiger partial charge in [-0.05, 0) is 49.6 Å². The largest absolute Gasteiger partial charge is 0.461 e. The molecule has 1 aliphatic heterocycles.